The lowest BCUT2D eigenvalue weighted by molar-refractivity contribution is -0.122. The molecule has 0 spiro atoms. The number of halogens is 2. The Kier molecular flexibility index (Phi) is 7.15. The van der Waals surface area contributed by atoms with Crippen LogP contribution in [0.5, 0.6) is 0 Å². The topological polar surface area (TPSA) is 66.5 Å². The minimum atomic E-state index is -3.91. The first kappa shape index (κ1) is 22.7. The highest BCUT2D eigenvalue weighted by Gasteiger charge is 2.28. The van der Waals surface area contributed by atoms with Gasteiger partial charge < -0.3 is 5.32 Å². The molecule has 0 heterocycles. The summed E-state index contributed by atoms with van der Waals surface area (Å²) in [6.45, 7) is 6.99. The highest BCUT2D eigenvalue weighted by Crippen LogP contribution is 2.25. The molecule has 1 amide bonds. The molecule has 0 unspecified atom stereocenters. The first-order chi connectivity index (χ1) is 12.9. The second kappa shape index (κ2) is 8.82. The van der Waals surface area contributed by atoms with Gasteiger partial charge >= 0.3 is 0 Å². The summed E-state index contributed by atoms with van der Waals surface area (Å²) in [5, 5.41) is 3.58. The van der Waals surface area contributed by atoms with Crippen molar-refractivity contribution in [2.45, 2.75) is 44.7 Å². The molecule has 1 N–H and O–H groups in total. The van der Waals surface area contributed by atoms with Crippen molar-refractivity contribution in [3.05, 3.63) is 63.6 Å². The number of nitrogens with zero attached hydrogens (tertiary/aromatic N) is 1. The van der Waals surface area contributed by atoms with E-state index in [1.807, 2.05) is 27.7 Å². The van der Waals surface area contributed by atoms with Gasteiger partial charge in [-0.05, 0) is 57.5 Å². The van der Waals surface area contributed by atoms with Crippen LogP contribution in [-0.2, 0) is 21.4 Å². The van der Waals surface area contributed by atoms with Crippen molar-refractivity contribution in [1.29, 1.82) is 0 Å². The Hall–Kier alpha value is -1.60. The number of aryl methyl sites for hydroxylation is 1. The first-order valence-electron chi connectivity index (χ1n) is 8.70. The lowest BCUT2D eigenvalue weighted by atomic mass is 10.1. The van der Waals surface area contributed by atoms with Gasteiger partial charge in [-0.15, -0.1) is 0 Å². The summed E-state index contributed by atoms with van der Waals surface area (Å²) < 4.78 is 27.5. The predicted molar refractivity (Wildman–Crippen MR) is 113 cm³/mol. The van der Waals surface area contributed by atoms with Gasteiger partial charge in [0.05, 0.1) is 11.4 Å². The van der Waals surface area contributed by atoms with Crippen LogP contribution in [0, 0.1) is 6.92 Å². The van der Waals surface area contributed by atoms with Crippen LogP contribution in [0.3, 0.4) is 0 Å². The number of rotatable bonds is 6. The molecule has 28 heavy (non-hydrogen) atoms. The van der Waals surface area contributed by atoms with Gasteiger partial charge in [0, 0.05) is 22.1 Å². The van der Waals surface area contributed by atoms with E-state index >= 15 is 0 Å². The molecule has 8 heteroatoms. The van der Waals surface area contributed by atoms with Crippen LogP contribution in [-0.4, -0.2) is 30.7 Å². The Labute approximate surface area is 176 Å². The average molecular weight is 443 g/mol. The molecule has 0 aromatic heterocycles. The van der Waals surface area contributed by atoms with Gasteiger partial charge in [-0.1, -0.05) is 47.0 Å². The van der Waals surface area contributed by atoms with Crippen LogP contribution in [0.2, 0.25) is 10.0 Å². The van der Waals surface area contributed by atoms with Crippen molar-refractivity contribution < 1.29 is 13.2 Å². The summed E-state index contributed by atoms with van der Waals surface area (Å²) in [7, 11) is -3.91. The number of carbonyl (C=O) groups excluding carboxylic acids is 1. The van der Waals surface area contributed by atoms with E-state index in [1.54, 1.807) is 30.3 Å². The van der Waals surface area contributed by atoms with Crippen molar-refractivity contribution in [2.24, 2.45) is 0 Å². The zero-order valence-electron chi connectivity index (χ0n) is 16.3. The Bertz CT molecular complexity index is 952. The van der Waals surface area contributed by atoms with Crippen molar-refractivity contribution in [2.75, 3.05) is 6.54 Å². The molecule has 0 aliphatic rings. The van der Waals surface area contributed by atoms with Crippen molar-refractivity contribution >= 4 is 39.1 Å². The number of carbonyl (C=O) groups is 1. The number of nitrogens with one attached hydrogen (secondary N) is 1. The van der Waals surface area contributed by atoms with Crippen LogP contribution in [0.1, 0.15) is 31.9 Å². The van der Waals surface area contributed by atoms with Gasteiger partial charge in [-0.2, -0.15) is 4.31 Å². The van der Waals surface area contributed by atoms with Gasteiger partial charge in [0.25, 0.3) is 0 Å². The van der Waals surface area contributed by atoms with E-state index < -0.39 is 21.5 Å². The monoisotopic (exact) mass is 442 g/mol. The van der Waals surface area contributed by atoms with E-state index in [0.717, 1.165) is 9.87 Å². The fourth-order valence-electron chi connectivity index (χ4n) is 2.54. The summed E-state index contributed by atoms with van der Waals surface area (Å²) >= 11 is 12.2. The third-order valence-electron chi connectivity index (χ3n) is 3.85. The fraction of sp³-hybridized carbons (Fsp3) is 0.350. The molecule has 2 rings (SSSR count). The molecule has 0 saturated heterocycles. The molecule has 5 nitrogen and oxygen atoms in total. The largest absolute Gasteiger partial charge is 0.350 e. The molecule has 0 atom stereocenters. The molecular weight excluding hydrogens is 419 g/mol. The third kappa shape index (κ3) is 6.21. The van der Waals surface area contributed by atoms with Crippen molar-refractivity contribution in [3.8, 4) is 0 Å². The average Bonchev–Trinajstić information content (AvgIpc) is 2.55. The summed E-state index contributed by atoms with van der Waals surface area (Å²) in [6.07, 6.45) is 0. The van der Waals surface area contributed by atoms with E-state index in [9.17, 15) is 13.2 Å². The second-order valence-electron chi connectivity index (χ2n) is 7.62. The number of sulfonamides is 1. The highest BCUT2D eigenvalue weighted by molar-refractivity contribution is 7.89. The molecule has 152 valence electrons. The summed E-state index contributed by atoms with van der Waals surface area (Å²) in [4.78, 5) is 12.6. The quantitative estimate of drug-likeness (QED) is 0.720. The van der Waals surface area contributed by atoms with E-state index in [0.29, 0.717) is 15.6 Å². The number of hydrogen-bond acceptors (Lipinski definition) is 3. The Morgan fingerprint density at radius 2 is 1.68 bits per heavy atom. The fourth-order valence-corrected chi connectivity index (χ4v) is 4.39. The Morgan fingerprint density at radius 3 is 2.21 bits per heavy atom. The van der Waals surface area contributed by atoms with Crippen LogP contribution in [0.25, 0.3) is 0 Å². The Balaban J connectivity index is 2.39. The molecule has 0 saturated carbocycles. The molecule has 0 aliphatic heterocycles. The maximum Gasteiger partial charge on any atom is 0.243 e. The van der Waals surface area contributed by atoms with E-state index in [2.05, 4.69) is 5.32 Å². The second-order valence-corrected chi connectivity index (χ2v) is 10.4. The molecule has 0 radical (unpaired) electrons. The van der Waals surface area contributed by atoms with E-state index in [4.69, 9.17) is 23.2 Å². The van der Waals surface area contributed by atoms with Crippen LogP contribution >= 0.6 is 23.2 Å². The molecule has 2 aromatic rings. The highest BCUT2D eigenvalue weighted by atomic mass is 35.5. The SMILES string of the molecule is Cc1ccc(S(=O)(=O)N(CC(=O)NC(C)(C)C)Cc2ccc(Cl)cc2Cl)cc1. The number of amides is 1. The lowest BCUT2D eigenvalue weighted by Gasteiger charge is -2.26. The number of hydrogen-bond donors (Lipinski definition) is 1. The minimum absolute atomic E-state index is 0.0518. The summed E-state index contributed by atoms with van der Waals surface area (Å²) in [5.41, 5.74) is 1.02. The van der Waals surface area contributed by atoms with Crippen molar-refractivity contribution in [3.63, 3.8) is 0 Å². The maximum absolute atomic E-state index is 13.2. The maximum atomic E-state index is 13.2. The minimum Gasteiger partial charge on any atom is -0.350 e. The summed E-state index contributed by atoms with van der Waals surface area (Å²) in [6, 6.07) is 11.3. The molecule has 0 aliphatic carbocycles. The van der Waals surface area contributed by atoms with Crippen molar-refractivity contribution in [1.82, 2.24) is 9.62 Å². The molecule has 2 aromatic carbocycles. The summed E-state index contributed by atoms with van der Waals surface area (Å²) in [5.74, 6) is -0.395. The van der Waals surface area contributed by atoms with Gasteiger partial charge in [-0.3, -0.25) is 4.79 Å². The van der Waals surface area contributed by atoms with Gasteiger partial charge in [0.2, 0.25) is 15.9 Å². The molecule has 0 fully saturated rings. The van der Waals surface area contributed by atoms with E-state index in [1.165, 1.54) is 12.1 Å². The van der Waals surface area contributed by atoms with Gasteiger partial charge in [-0.25, -0.2) is 8.42 Å². The van der Waals surface area contributed by atoms with Crippen LogP contribution in [0.4, 0.5) is 0 Å². The van der Waals surface area contributed by atoms with E-state index in [-0.39, 0.29) is 18.0 Å². The first-order valence-corrected chi connectivity index (χ1v) is 10.9. The molecular formula is C20H24Cl2N2O3S. The van der Waals surface area contributed by atoms with Crippen LogP contribution in [0.15, 0.2) is 47.4 Å². The zero-order valence-corrected chi connectivity index (χ0v) is 18.6. The van der Waals surface area contributed by atoms with Crippen LogP contribution < -0.4 is 5.32 Å². The lowest BCUT2D eigenvalue weighted by Crippen LogP contribution is -2.47. The third-order valence-corrected chi connectivity index (χ3v) is 6.25. The predicted octanol–water partition coefficient (Wildman–Crippen LogP) is 4.41. The van der Waals surface area contributed by atoms with Gasteiger partial charge in [0.1, 0.15) is 0 Å². The Morgan fingerprint density at radius 1 is 1.07 bits per heavy atom. The molecule has 0 bridgehead atoms. The zero-order chi connectivity index (χ0) is 21.1. The smallest absolute Gasteiger partial charge is 0.243 e. The van der Waals surface area contributed by atoms with Gasteiger partial charge in [0.15, 0.2) is 0 Å². The normalized spacial score (nSPS) is 12.2. The standard InChI is InChI=1S/C20H24Cl2N2O3S/c1-14-5-9-17(10-6-14)28(26,27)24(13-19(25)23-20(2,3)4)12-15-7-8-16(21)11-18(15)22/h5-11H,12-13H2,1-4H3,(H,23,25). The number of benzene rings is 2.